The Bertz CT molecular complexity index is 591. The van der Waals surface area contributed by atoms with Crippen LogP contribution in [0, 0.1) is 10.1 Å². The first kappa shape index (κ1) is 10.3. The summed E-state index contributed by atoms with van der Waals surface area (Å²) in [6, 6.07) is 3.66. The molecule has 0 bridgehead atoms. The fourth-order valence-electron chi connectivity index (χ4n) is 1.33. The van der Waals surface area contributed by atoms with E-state index in [-0.39, 0.29) is 10.6 Å². The van der Waals surface area contributed by atoms with Crippen molar-refractivity contribution in [3.63, 3.8) is 0 Å². The second-order valence-electron chi connectivity index (χ2n) is 2.95. The summed E-state index contributed by atoms with van der Waals surface area (Å²) in [6.45, 7) is 0. The van der Waals surface area contributed by atoms with E-state index in [0.29, 0.717) is 10.0 Å². The maximum absolute atomic E-state index is 11.5. The highest BCUT2D eigenvalue weighted by molar-refractivity contribution is 9.15. The van der Waals surface area contributed by atoms with Crippen LogP contribution in [0.25, 0.3) is 4.48 Å². The maximum Gasteiger partial charge on any atom is 0.270 e. The zero-order valence-corrected chi connectivity index (χ0v) is 9.58. The molecule has 0 unspecified atom stereocenters. The lowest BCUT2D eigenvalue weighted by atomic mass is 10.2. The standard InChI is InChI=1S/C8H4BrNO4S/c9-7-4-15(13,14)8-2-1-5(10(11)12)3-6(7)8/h1-4H. The predicted molar refractivity (Wildman–Crippen MR) is 57.2 cm³/mol. The molecule has 0 saturated carbocycles. The van der Waals surface area contributed by atoms with E-state index in [1.165, 1.54) is 18.2 Å². The van der Waals surface area contributed by atoms with Crippen LogP contribution in [0.2, 0.25) is 0 Å². The minimum absolute atomic E-state index is 0.0972. The molecule has 0 aliphatic carbocycles. The zero-order chi connectivity index (χ0) is 11.2. The summed E-state index contributed by atoms with van der Waals surface area (Å²) in [5.41, 5.74) is 0.209. The molecule has 0 aromatic heterocycles. The molecule has 0 radical (unpaired) electrons. The minimum atomic E-state index is -3.43. The highest BCUT2D eigenvalue weighted by Gasteiger charge is 2.27. The Kier molecular flexibility index (Phi) is 2.16. The van der Waals surface area contributed by atoms with Gasteiger partial charge in [-0.3, -0.25) is 10.1 Å². The number of nitrogens with zero attached hydrogens (tertiary/aromatic N) is 1. The van der Waals surface area contributed by atoms with Gasteiger partial charge < -0.3 is 0 Å². The molecule has 2 rings (SSSR count). The van der Waals surface area contributed by atoms with Crippen molar-refractivity contribution in [2.75, 3.05) is 0 Å². The van der Waals surface area contributed by atoms with Crippen molar-refractivity contribution in [1.82, 2.24) is 0 Å². The molecular weight excluding hydrogens is 286 g/mol. The molecule has 7 heteroatoms. The van der Waals surface area contributed by atoms with E-state index < -0.39 is 14.8 Å². The van der Waals surface area contributed by atoms with E-state index in [2.05, 4.69) is 15.9 Å². The summed E-state index contributed by atoms with van der Waals surface area (Å²) in [7, 11) is -3.43. The van der Waals surface area contributed by atoms with Crippen molar-refractivity contribution in [2.45, 2.75) is 4.90 Å². The van der Waals surface area contributed by atoms with Gasteiger partial charge in [-0.15, -0.1) is 0 Å². The smallest absolute Gasteiger partial charge is 0.258 e. The molecule has 0 N–H and O–H groups in total. The first-order valence-electron chi connectivity index (χ1n) is 3.83. The van der Waals surface area contributed by atoms with Gasteiger partial charge in [0.25, 0.3) is 5.69 Å². The summed E-state index contributed by atoms with van der Waals surface area (Å²) in [4.78, 5) is 10.0. The fraction of sp³-hybridized carbons (Fsp3) is 0. The van der Waals surface area contributed by atoms with E-state index in [9.17, 15) is 18.5 Å². The van der Waals surface area contributed by atoms with Crippen LogP contribution in [0.3, 0.4) is 0 Å². The van der Waals surface area contributed by atoms with Crippen LogP contribution in [0.1, 0.15) is 5.56 Å². The summed E-state index contributed by atoms with van der Waals surface area (Å²) in [6.07, 6.45) is 0. The monoisotopic (exact) mass is 289 g/mol. The van der Waals surface area contributed by atoms with Gasteiger partial charge in [0.2, 0.25) is 9.84 Å². The molecule has 1 aliphatic heterocycles. The Labute approximate surface area is 93.6 Å². The summed E-state index contributed by atoms with van der Waals surface area (Å²) < 4.78 is 23.3. The van der Waals surface area contributed by atoms with Crippen LogP contribution >= 0.6 is 15.9 Å². The van der Waals surface area contributed by atoms with Gasteiger partial charge in [0.1, 0.15) is 0 Å². The molecular formula is C8H4BrNO4S. The highest BCUT2D eigenvalue weighted by Crippen LogP contribution is 2.38. The predicted octanol–water partition coefficient (Wildman–Crippen LogP) is 2.08. The number of fused-ring (bicyclic) bond motifs is 1. The number of hydrogen-bond acceptors (Lipinski definition) is 4. The first-order valence-corrected chi connectivity index (χ1v) is 6.17. The molecule has 0 amide bonds. The number of non-ortho nitro benzene ring substituents is 1. The molecule has 1 aromatic carbocycles. The lowest BCUT2D eigenvalue weighted by Crippen LogP contribution is -1.95. The van der Waals surface area contributed by atoms with Crippen LogP contribution in [0.5, 0.6) is 0 Å². The van der Waals surface area contributed by atoms with Crippen molar-refractivity contribution in [2.24, 2.45) is 0 Å². The molecule has 1 heterocycles. The Morgan fingerprint density at radius 2 is 2.00 bits per heavy atom. The largest absolute Gasteiger partial charge is 0.270 e. The van der Waals surface area contributed by atoms with Crippen molar-refractivity contribution in [3.05, 3.63) is 39.3 Å². The third-order valence-electron chi connectivity index (χ3n) is 2.00. The zero-order valence-electron chi connectivity index (χ0n) is 7.18. The number of nitro groups is 1. The van der Waals surface area contributed by atoms with Crippen LogP contribution in [-0.4, -0.2) is 13.3 Å². The van der Waals surface area contributed by atoms with Gasteiger partial charge in [-0.25, -0.2) is 8.42 Å². The third-order valence-corrected chi connectivity index (χ3v) is 4.47. The molecule has 0 atom stereocenters. The van der Waals surface area contributed by atoms with Crippen molar-refractivity contribution in [1.29, 1.82) is 0 Å². The van der Waals surface area contributed by atoms with E-state index >= 15 is 0 Å². The van der Waals surface area contributed by atoms with E-state index in [0.717, 1.165) is 5.41 Å². The molecule has 5 nitrogen and oxygen atoms in total. The Hall–Kier alpha value is -1.21. The van der Waals surface area contributed by atoms with Gasteiger partial charge in [0.05, 0.1) is 15.2 Å². The molecule has 78 valence electrons. The Balaban J connectivity index is 2.72. The van der Waals surface area contributed by atoms with Crippen molar-refractivity contribution in [3.8, 4) is 0 Å². The van der Waals surface area contributed by atoms with Crippen LogP contribution in [0.4, 0.5) is 5.69 Å². The first-order chi connectivity index (χ1) is 6.92. The number of hydrogen-bond donors (Lipinski definition) is 0. The third kappa shape index (κ3) is 1.57. The van der Waals surface area contributed by atoms with Crippen LogP contribution < -0.4 is 0 Å². The van der Waals surface area contributed by atoms with Crippen LogP contribution in [-0.2, 0) is 9.84 Å². The van der Waals surface area contributed by atoms with Gasteiger partial charge >= 0.3 is 0 Å². The average Bonchev–Trinajstić information content (AvgIpc) is 2.37. The molecule has 15 heavy (non-hydrogen) atoms. The maximum atomic E-state index is 11.5. The minimum Gasteiger partial charge on any atom is -0.258 e. The number of halogens is 1. The van der Waals surface area contributed by atoms with E-state index in [4.69, 9.17) is 0 Å². The Morgan fingerprint density at radius 1 is 1.33 bits per heavy atom. The van der Waals surface area contributed by atoms with Gasteiger partial charge in [-0.05, 0) is 22.0 Å². The second kappa shape index (κ2) is 3.14. The topological polar surface area (TPSA) is 77.3 Å². The highest BCUT2D eigenvalue weighted by atomic mass is 79.9. The van der Waals surface area contributed by atoms with Crippen LogP contribution in [0.15, 0.2) is 28.5 Å². The normalized spacial score (nSPS) is 17.0. The number of rotatable bonds is 1. The lowest BCUT2D eigenvalue weighted by molar-refractivity contribution is -0.384. The van der Waals surface area contributed by atoms with Gasteiger partial charge in [-0.1, -0.05) is 0 Å². The summed E-state index contributed by atoms with van der Waals surface area (Å²) in [5, 5.41) is 11.5. The van der Waals surface area contributed by atoms with Gasteiger partial charge in [-0.2, -0.15) is 0 Å². The molecule has 0 saturated heterocycles. The van der Waals surface area contributed by atoms with Gasteiger partial charge in [0, 0.05) is 22.2 Å². The average molecular weight is 290 g/mol. The van der Waals surface area contributed by atoms with E-state index in [1.807, 2.05) is 0 Å². The summed E-state index contributed by atoms with van der Waals surface area (Å²) >= 11 is 3.06. The van der Waals surface area contributed by atoms with E-state index in [1.54, 1.807) is 0 Å². The quantitative estimate of drug-likeness (QED) is 0.586. The van der Waals surface area contributed by atoms with Crippen molar-refractivity contribution >= 4 is 35.9 Å². The SMILES string of the molecule is O=[N+]([O-])c1ccc2c(c1)C(Br)=CS2(=O)=O. The van der Waals surface area contributed by atoms with Crippen molar-refractivity contribution < 1.29 is 13.3 Å². The molecule has 0 spiro atoms. The lowest BCUT2D eigenvalue weighted by Gasteiger charge is -1.98. The number of sulfone groups is 1. The fourth-order valence-corrected chi connectivity index (χ4v) is 3.79. The molecule has 1 aromatic rings. The molecule has 0 fully saturated rings. The number of benzene rings is 1. The summed E-state index contributed by atoms with van der Waals surface area (Å²) in [5.74, 6) is 0. The van der Waals surface area contributed by atoms with Gasteiger partial charge in [0.15, 0.2) is 0 Å². The molecule has 1 aliphatic rings. The number of nitro benzene ring substituents is 1. The Morgan fingerprint density at radius 3 is 2.60 bits per heavy atom. The second-order valence-corrected chi connectivity index (χ2v) is 5.57.